The van der Waals surface area contributed by atoms with Crippen molar-refractivity contribution in [1.82, 2.24) is 25.2 Å². The van der Waals surface area contributed by atoms with Gasteiger partial charge in [-0.25, -0.2) is 9.50 Å². The van der Waals surface area contributed by atoms with Gasteiger partial charge >= 0.3 is 0 Å². The summed E-state index contributed by atoms with van der Waals surface area (Å²) in [5, 5.41) is 18.8. The van der Waals surface area contributed by atoms with E-state index in [2.05, 4.69) is 25.7 Å². The second-order valence-corrected chi connectivity index (χ2v) is 9.94. The molecule has 0 aliphatic heterocycles. The van der Waals surface area contributed by atoms with E-state index in [-0.39, 0.29) is 41.5 Å². The van der Waals surface area contributed by atoms with E-state index in [1.54, 1.807) is 19.2 Å². The van der Waals surface area contributed by atoms with Crippen LogP contribution in [0.2, 0.25) is 0 Å². The Bertz CT molecular complexity index is 1770. The van der Waals surface area contributed by atoms with E-state index < -0.39 is 5.91 Å². The number of fused-ring (bicyclic) bond motifs is 2. The predicted molar refractivity (Wildman–Crippen MR) is 151 cm³/mol. The summed E-state index contributed by atoms with van der Waals surface area (Å²) in [6.07, 6.45) is 4.97. The minimum Gasteiger partial charge on any atom is -0.386 e. The minimum atomic E-state index is -0.447. The van der Waals surface area contributed by atoms with Gasteiger partial charge in [0.15, 0.2) is 11.4 Å². The number of benzene rings is 2. The monoisotopic (exact) mass is 548 g/mol. The molecule has 2 aromatic heterocycles. The summed E-state index contributed by atoms with van der Waals surface area (Å²) in [5.41, 5.74) is 11.8. The van der Waals surface area contributed by atoms with Gasteiger partial charge in [0.25, 0.3) is 11.8 Å². The Labute approximate surface area is 236 Å². The third-order valence-electron chi connectivity index (χ3n) is 7.23. The number of amides is 2. The van der Waals surface area contributed by atoms with Gasteiger partial charge in [-0.05, 0) is 54.5 Å². The molecule has 5 rings (SSSR count). The average molecular weight is 549 g/mol. The van der Waals surface area contributed by atoms with E-state index in [0.29, 0.717) is 24.1 Å². The molecule has 11 heteroatoms. The first kappa shape index (κ1) is 27.2. The number of ketones is 1. The molecule has 2 aromatic carbocycles. The predicted octanol–water partition coefficient (Wildman–Crippen LogP) is 2.97. The molecule has 0 saturated heterocycles. The van der Waals surface area contributed by atoms with Crippen LogP contribution in [0.5, 0.6) is 0 Å². The van der Waals surface area contributed by atoms with Crippen LogP contribution in [0, 0.1) is 18.4 Å². The third-order valence-corrected chi connectivity index (χ3v) is 7.23. The van der Waals surface area contributed by atoms with Gasteiger partial charge < -0.3 is 16.4 Å². The largest absolute Gasteiger partial charge is 0.386 e. The maximum Gasteiger partial charge on any atom is 0.270 e. The Morgan fingerprint density at radius 2 is 1.95 bits per heavy atom. The molecule has 0 radical (unpaired) electrons. The zero-order chi connectivity index (χ0) is 29.1. The number of carbonyl (C=O) groups is 3. The fourth-order valence-electron chi connectivity index (χ4n) is 5.27. The van der Waals surface area contributed by atoms with Crippen LogP contribution in [0.15, 0.2) is 59.7 Å². The van der Waals surface area contributed by atoms with Crippen LogP contribution in [0.1, 0.15) is 78.5 Å². The smallest absolute Gasteiger partial charge is 0.270 e. The lowest BCUT2D eigenvalue weighted by molar-refractivity contribution is 0.0927. The first-order valence-corrected chi connectivity index (χ1v) is 13.1. The molecule has 0 saturated carbocycles. The van der Waals surface area contributed by atoms with E-state index in [1.807, 2.05) is 43.3 Å². The number of amidine groups is 1. The summed E-state index contributed by atoms with van der Waals surface area (Å²) in [6.45, 7) is 3.71. The molecular weight excluding hydrogens is 520 g/mol. The van der Waals surface area contributed by atoms with Crippen LogP contribution in [0.4, 0.5) is 0 Å². The van der Waals surface area contributed by atoms with Gasteiger partial charge in [0, 0.05) is 30.7 Å². The minimum absolute atomic E-state index is 0.0175. The van der Waals surface area contributed by atoms with Gasteiger partial charge in [0.1, 0.15) is 17.2 Å². The van der Waals surface area contributed by atoms with Crippen molar-refractivity contribution in [3.05, 3.63) is 99.5 Å². The SMILES string of the molecule is CC(=O)c1ccc2c(c1C)CC[C@@H]2NC(=O)c1cc(C(=O)NCc2cccc(CC(N)=NC#N)c2)nc2ccnn12. The molecule has 206 valence electrons. The highest BCUT2D eigenvalue weighted by atomic mass is 16.2. The van der Waals surface area contributed by atoms with Crippen molar-refractivity contribution >= 4 is 29.1 Å². The molecule has 11 nitrogen and oxygen atoms in total. The number of nitrogens with zero attached hydrogens (tertiary/aromatic N) is 5. The van der Waals surface area contributed by atoms with Gasteiger partial charge in [0.2, 0.25) is 6.19 Å². The molecule has 0 unspecified atom stereocenters. The number of nitrogens with one attached hydrogen (secondary N) is 2. The Morgan fingerprint density at radius 1 is 1.15 bits per heavy atom. The van der Waals surface area contributed by atoms with Crippen molar-refractivity contribution in [3.8, 4) is 6.19 Å². The van der Waals surface area contributed by atoms with Crippen LogP contribution in [0.25, 0.3) is 5.65 Å². The zero-order valence-electron chi connectivity index (χ0n) is 22.6. The second kappa shape index (κ2) is 11.4. The number of hydrogen-bond acceptors (Lipinski definition) is 7. The van der Waals surface area contributed by atoms with Gasteiger partial charge in [-0.3, -0.25) is 14.4 Å². The van der Waals surface area contributed by atoms with Gasteiger partial charge in [0.05, 0.1) is 12.2 Å². The van der Waals surface area contributed by atoms with Crippen molar-refractivity contribution in [3.63, 3.8) is 0 Å². The molecule has 4 aromatic rings. The summed E-state index contributed by atoms with van der Waals surface area (Å²) in [5.74, 6) is -0.610. The molecule has 0 spiro atoms. The van der Waals surface area contributed by atoms with Gasteiger partial charge in [-0.2, -0.15) is 15.4 Å². The number of nitrogens with two attached hydrogens (primary N) is 1. The molecule has 0 fully saturated rings. The first-order valence-electron chi connectivity index (χ1n) is 13.1. The fourth-order valence-corrected chi connectivity index (χ4v) is 5.27. The van der Waals surface area contributed by atoms with Crippen LogP contribution >= 0.6 is 0 Å². The summed E-state index contributed by atoms with van der Waals surface area (Å²) in [4.78, 5) is 46.5. The van der Waals surface area contributed by atoms with Crippen molar-refractivity contribution in [2.24, 2.45) is 10.7 Å². The number of Topliss-reactive ketones (excluding diaryl/α,β-unsaturated/α-hetero) is 1. The lowest BCUT2D eigenvalue weighted by atomic mass is 9.96. The molecule has 1 aliphatic rings. The van der Waals surface area contributed by atoms with Crippen molar-refractivity contribution < 1.29 is 14.4 Å². The van der Waals surface area contributed by atoms with Crippen LogP contribution < -0.4 is 16.4 Å². The second-order valence-electron chi connectivity index (χ2n) is 9.94. The van der Waals surface area contributed by atoms with Gasteiger partial charge in [-0.15, -0.1) is 0 Å². The number of aliphatic imine (C=N–C) groups is 1. The standard InChI is InChI=1S/C30H28N8O3/c1-17-21(18(2)39)6-7-23-22(17)8-9-24(23)37-30(41)26-14-25(36-28-10-11-35-38(26)28)29(40)33-15-20-5-3-4-19(12-20)13-27(32)34-16-31/h3-7,10-12,14,24H,8-9,13,15H2,1-2H3,(H2,32,34)(H,33,40)(H,37,41)/t24-/m0/s1. The summed E-state index contributed by atoms with van der Waals surface area (Å²) < 4.78 is 1.41. The summed E-state index contributed by atoms with van der Waals surface area (Å²) >= 11 is 0. The Kier molecular flexibility index (Phi) is 7.56. The highest BCUT2D eigenvalue weighted by Crippen LogP contribution is 2.35. The maximum absolute atomic E-state index is 13.5. The van der Waals surface area contributed by atoms with E-state index in [9.17, 15) is 14.4 Å². The Morgan fingerprint density at radius 3 is 2.73 bits per heavy atom. The number of hydrogen-bond donors (Lipinski definition) is 3. The zero-order valence-corrected chi connectivity index (χ0v) is 22.6. The van der Waals surface area contributed by atoms with E-state index in [1.165, 1.54) is 16.8 Å². The Hall–Kier alpha value is -5.37. The molecule has 2 heterocycles. The quantitative estimate of drug-likeness (QED) is 0.132. The van der Waals surface area contributed by atoms with Crippen molar-refractivity contribution in [1.29, 1.82) is 5.26 Å². The lowest BCUT2D eigenvalue weighted by Crippen LogP contribution is -2.30. The van der Waals surface area contributed by atoms with E-state index >= 15 is 0 Å². The fraction of sp³-hybridized carbons (Fsp3) is 0.233. The number of nitriles is 1. The third kappa shape index (κ3) is 5.67. The molecule has 41 heavy (non-hydrogen) atoms. The molecule has 4 N–H and O–H groups in total. The van der Waals surface area contributed by atoms with Crippen LogP contribution in [0.3, 0.4) is 0 Å². The molecule has 1 aliphatic carbocycles. The number of carbonyl (C=O) groups excluding carboxylic acids is 3. The van der Waals surface area contributed by atoms with E-state index in [0.717, 1.165) is 34.2 Å². The van der Waals surface area contributed by atoms with Crippen LogP contribution in [-0.2, 0) is 19.4 Å². The summed E-state index contributed by atoms with van der Waals surface area (Å²) in [6, 6.07) is 14.0. The average Bonchev–Trinajstić information content (AvgIpc) is 3.59. The lowest BCUT2D eigenvalue weighted by Gasteiger charge is -2.16. The Balaban J connectivity index is 1.33. The normalized spacial score (nSPS) is 14.4. The van der Waals surface area contributed by atoms with Crippen molar-refractivity contribution in [2.45, 2.75) is 45.7 Å². The molecule has 1 atom stereocenters. The number of rotatable bonds is 8. The summed E-state index contributed by atoms with van der Waals surface area (Å²) in [7, 11) is 0. The maximum atomic E-state index is 13.5. The topological polar surface area (TPSA) is 168 Å². The van der Waals surface area contributed by atoms with Gasteiger partial charge in [-0.1, -0.05) is 36.4 Å². The van der Waals surface area contributed by atoms with Crippen molar-refractivity contribution in [2.75, 3.05) is 0 Å². The molecule has 0 bridgehead atoms. The molecule has 2 amide bonds. The number of aromatic nitrogens is 3. The van der Waals surface area contributed by atoms with Crippen LogP contribution in [-0.4, -0.2) is 38.0 Å². The molecular formula is C30H28N8O3. The first-order chi connectivity index (χ1) is 19.7. The van der Waals surface area contributed by atoms with E-state index in [4.69, 9.17) is 11.0 Å². The highest BCUT2D eigenvalue weighted by molar-refractivity contribution is 5.99. The highest BCUT2D eigenvalue weighted by Gasteiger charge is 2.28.